The van der Waals surface area contributed by atoms with Crippen molar-refractivity contribution >= 4 is 0 Å². The van der Waals surface area contributed by atoms with Crippen LogP contribution in [0, 0.1) is 0 Å². The predicted octanol–water partition coefficient (Wildman–Crippen LogP) is -0.164. The van der Waals surface area contributed by atoms with Crippen molar-refractivity contribution in [3.8, 4) is 0 Å². The summed E-state index contributed by atoms with van der Waals surface area (Å²) in [5, 5.41) is 36.6. The van der Waals surface area contributed by atoms with E-state index in [0.717, 1.165) is 26.1 Å². The van der Waals surface area contributed by atoms with Crippen LogP contribution in [0.1, 0.15) is 34.1 Å². The standard InChI is InChI=1S/C12H27NO5.C2H6/c1-3-13(4-2)6-5-7-18-12(10(16)8-14)11(17)9-15;1-2/h10-12,14-17H,3-9H2,1-2H3;1-2H3. The van der Waals surface area contributed by atoms with Crippen molar-refractivity contribution in [1.82, 2.24) is 4.90 Å². The Bertz CT molecular complexity index is 180. The van der Waals surface area contributed by atoms with Gasteiger partial charge in [0.15, 0.2) is 0 Å². The first-order valence-electron chi connectivity index (χ1n) is 7.52. The lowest BCUT2D eigenvalue weighted by Gasteiger charge is -2.26. The van der Waals surface area contributed by atoms with Crippen LogP contribution in [0.5, 0.6) is 0 Å². The van der Waals surface area contributed by atoms with Crippen LogP contribution >= 0.6 is 0 Å². The van der Waals surface area contributed by atoms with E-state index in [1.165, 1.54) is 0 Å². The predicted molar refractivity (Wildman–Crippen MR) is 79.7 cm³/mol. The SMILES string of the molecule is CC.CCN(CC)CCCOC(C(O)CO)C(O)CO. The van der Waals surface area contributed by atoms with Gasteiger partial charge in [0.2, 0.25) is 0 Å². The Morgan fingerprint density at radius 2 is 1.40 bits per heavy atom. The highest BCUT2D eigenvalue weighted by molar-refractivity contribution is 4.76. The van der Waals surface area contributed by atoms with E-state index in [4.69, 9.17) is 14.9 Å². The van der Waals surface area contributed by atoms with E-state index in [1.807, 2.05) is 13.8 Å². The molecule has 124 valence electrons. The van der Waals surface area contributed by atoms with Gasteiger partial charge in [0, 0.05) is 13.2 Å². The summed E-state index contributed by atoms with van der Waals surface area (Å²) in [7, 11) is 0. The Kier molecular flexibility index (Phi) is 16.7. The Labute approximate surface area is 123 Å². The molecule has 0 amide bonds. The zero-order valence-corrected chi connectivity index (χ0v) is 13.3. The molecule has 0 heterocycles. The Hall–Kier alpha value is -0.240. The normalized spacial score (nSPS) is 15.4. The molecule has 6 nitrogen and oxygen atoms in total. The third-order valence-electron chi connectivity index (χ3n) is 2.96. The van der Waals surface area contributed by atoms with Crippen molar-refractivity contribution < 1.29 is 25.2 Å². The van der Waals surface area contributed by atoms with Gasteiger partial charge < -0.3 is 30.1 Å². The topological polar surface area (TPSA) is 93.4 Å². The monoisotopic (exact) mass is 295 g/mol. The molecular formula is C14H33NO5. The second kappa shape index (κ2) is 15.2. The Morgan fingerprint density at radius 1 is 0.950 bits per heavy atom. The van der Waals surface area contributed by atoms with Gasteiger partial charge in [0.25, 0.3) is 0 Å². The second-order valence-corrected chi connectivity index (χ2v) is 4.22. The number of hydrogen-bond acceptors (Lipinski definition) is 6. The summed E-state index contributed by atoms with van der Waals surface area (Å²) >= 11 is 0. The van der Waals surface area contributed by atoms with Gasteiger partial charge in [0.05, 0.1) is 13.2 Å². The van der Waals surface area contributed by atoms with Gasteiger partial charge in [-0.3, -0.25) is 0 Å². The van der Waals surface area contributed by atoms with Crippen molar-refractivity contribution in [2.75, 3.05) is 39.5 Å². The molecule has 0 radical (unpaired) electrons. The third kappa shape index (κ3) is 9.63. The highest BCUT2D eigenvalue weighted by Gasteiger charge is 2.26. The zero-order valence-electron chi connectivity index (χ0n) is 13.3. The Morgan fingerprint density at radius 3 is 1.75 bits per heavy atom. The number of aliphatic hydroxyl groups excluding tert-OH is 4. The minimum Gasteiger partial charge on any atom is -0.394 e. The van der Waals surface area contributed by atoms with Gasteiger partial charge in [0.1, 0.15) is 18.3 Å². The summed E-state index contributed by atoms with van der Waals surface area (Å²) in [5.74, 6) is 0. The van der Waals surface area contributed by atoms with E-state index in [-0.39, 0.29) is 0 Å². The molecule has 0 spiro atoms. The molecule has 2 unspecified atom stereocenters. The molecule has 20 heavy (non-hydrogen) atoms. The molecule has 0 aromatic rings. The minimum atomic E-state index is -1.18. The molecular weight excluding hydrogens is 262 g/mol. The lowest BCUT2D eigenvalue weighted by molar-refractivity contribution is -0.124. The minimum absolute atomic E-state index is 0.370. The summed E-state index contributed by atoms with van der Waals surface area (Å²) in [6, 6.07) is 0. The first-order chi connectivity index (χ1) is 9.60. The van der Waals surface area contributed by atoms with Crippen LogP contribution in [0.2, 0.25) is 0 Å². The van der Waals surface area contributed by atoms with Crippen LogP contribution in [0.3, 0.4) is 0 Å². The largest absolute Gasteiger partial charge is 0.394 e. The summed E-state index contributed by atoms with van der Waals surface area (Å²) in [4.78, 5) is 2.24. The summed E-state index contributed by atoms with van der Waals surface area (Å²) in [6.07, 6.45) is -2.54. The van der Waals surface area contributed by atoms with E-state index in [0.29, 0.717) is 6.61 Å². The van der Waals surface area contributed by atoms with Gasteiger partial charge in [-0.15, -0.1) is 0 Å². The first-order valence-corrected chi connectivity index (χ1v) is 7.52. The number of nitrogens with zero attached hydrogens (tertiary/aromatic N) is 1. The van der Waals surface area contributed by atoms with Gasteiger partial charge in [-0.1, -0.05) is 27.7 Å². The number of hydrogen-bond donors (Lipinski definition) is 4. The van der Waals surface area contributed by atoms with Crippen LogP contribution in [0.15, 0.2) is 0 Å². The maximum absolute atomic E-state index is 9.46. The molecule has 0 rings (SSSR count). The van der Waals surface area contributed by atoms with E-state index in [1.54, 1.807) is 0 Å². The highest BCUT2D eigenvalue weighted by atomic mass is 16.5. The van der Waals surface area contributed by atoms with Crippen molar-refractivity contribution in [3.05, 3.63) is 0 Å². The zero-order chi connectivity index (χ0) is 16.0. The van der Waals surface area contributed by atoms with Crippen molar-refractivity contribution in [2.45, 2.75) is 52.4 Å². The van der Waals surface area contributed by atoms with E-state index >= 15 is 0 Å². The van der Waals surface area contributed by atoms with E-state index in [2.05, 4.69) is 18.7 Å². The van der Waals surface area contributed by atoms with E-state index < -0.39 is 31.5 Å². The van der Waals surface area contributed by atoms with Crippen LogP contribution in [0.25, 0.3) is 0 Å². The van der Waals surface area contributed by atoms with Crippen molar-refractivity contribution in [2.24, 2.45) is 0 Å². The fraction of sp³-hybridized carbons (Fsp3) is 1.00. The van der Waals surface area contributed by atoms with E-state index in [9.17, 15) is 10.2 Å². The molecule has 0 saturated heterocycles. The number of aliphatic hydroxyl groups is 4. The molecule has 0 saturated carbocycles. The first kappa shape index (κ1) is 22.0. The summed E-state index contributed by atoms with van der Waals surface area (Å²) in [6.45, 7) is 10.3. The third-order valence-corrected chi connectivity index (χ3v) is 2.96. The lowest BCUT2D eigenvalue weighted by atomic mass is 10.1. The smallest absolute Gasteiger partial charge is 0.114 e. The fourth-order valence-electron chi connectivity index (χ4n) is 1.73. The Balaban J connectivity index is 0. The maximum Gasteiger partial charge on any atom is 0.114 e. The molecule has 4 N–H and O–H groups in total. The summed E-state index contributed by atoms with van der Waals surface area (Å²) < 4.78 is 5.34. The lowest BCUT2D eigenvalue weighted by Crippen LogP contribution is -2.44. The average Bonchev–Trinajstić information content (AvgIpc) is 2.51. The highest BCUT2D eigenvalue weighted by Crippen LogP contribution is 2.06. The molecule has 0 fully saturated rings. The average molecular weight is 295 g/mol. The van der Waals surface area contributed by atoms with Gasteiger partial charge in [-0.05, 0) is 19.5 Å². The molecule has 0 aliphatic carbocycles. The quantitative estimate of drug-likeness (QED) is 0.396. The molecule has 6 heteroatoms. The number of rotatable bonds is 11. The fourth-order valence-corrected chi connectivity index (χ4v) is 1.73. The summed E-state index contributed by atoms with van der Waals surface area (Å²) in [5.41, 5.74) is 0. The second-order valence-electron chi connectivity index (χ2n) is 4.22. The van der Waals surface area contributed by atoms with Gasteiger partial charge >= 0.3 is 0 Å². The maximum atomic E-state index is 9.46. The van der Waals surface area contributed by atoms with Gasteiger partial charge in [-0.25, -0.2) is 0 Å². The molecule has 0 aliphatic heterocycles. The van der Waals surface area contributed by atoms with Crippen molar-refractivity contribution in [3.63, 3.8) is 0 Å². The van der Waals surface area contributed by atoms with Crippen LogP contribution < -0.4 is 0 Å². The van der Waals surface area contributed by atoms with Crippen LogP contribution in [-0.4, -0.2) is 83.1 Å². The molecule has 0 aromatic carbocycles. The van der Waals surface area contributed by atoms with Crippen LogP contribution in [-0.2, 0) is 4.74 Å². The van der Waals surface area contributed by atoms with Gasteiger partial charge in [-0.2, -0.15) is 0 Å². The van der Waals surface area contributed by atoms with Crippen LogP contribution in [0.4, 0.5) is 0 Å². The molecule has 2 atom stereocenters. The molecule has 0 bridgehead atoms. The molecule has 0 aliphatic rings. The number of ether oxygens (including phenoxy) is 1. The van der Waals surface area contributed by atoms with Crippen molar-refractivity contribution in [1.29, 1.82) is 0 Å². The molecule has 0 aromatic heterocycles.